The van der Waals surface area contributed by atoms with Crippen molar-refractivity contribution in [2.24, 2.45) is 34.5 Å². The highest BCUT2D eigenvalue weighted by Gasteiger charge is 2.60. The third kappa shape index (κ3) is 4.59. The molecule has 0 radical (unpaired) electrons. The fourth-order valence-corrected chi connectivity index (χ4v) is 7.80. The summed E-state index contributed by atoms with van der Waals surface area (Å²) in [5.74, 6) is -0.769. The van der Waals surface area contributed by atoms with Crippen LogP contribution in [0.5, 0.6) is 0 Å². The van der Waals surface area contributed by atoms with E-state index in [4.69, 9.17) is 0 Å². The van der Waals surface area contributed by atoms with Crippen molar-refractivity contribution in [2.45, 2.75) is 70.5 Å². The van der Waals surface area contributed by atoms with Crippen molar-refractivity contribution in [2.75, 3.05) is 6.54 Å². The van der Waals surface area contributed by atoms with E-state index in [1.54, 1.807) is 0 Å². The van der Waals surface area contributed by atoms with E-state index in [0.29, 0.717) is 25.7 Å². The largest absolute Gasteiger partial charge is 0.534 e. The number of alkyl halides is 6. The summed E-state index contributed by atoms with van der Waals surface area (Å²) in [4.78, 5) is 12.7. The van der Waals surface area contributed by atoms with Gasteiger partial charge in [0.1, 0.15) is 12.3 Å². The zero-order chi connectivity index (χ0) is 26.0. The van der Waals surface area contributed by atoms with Crippen LogP contribution in [0.3, 0.4) is 0 Å². The molecule has 1 N–H and O–H groups in total. The van der Waals surface area contributed by atoms with Crippen LogP contribution in [0.1, 0.15) is 58.8 Å². The average Bonchev–Trinajstić information content (AvgIpc) is 3.08. The molecule has 0 unspecified atom stereocenters. The van der Waals surface area contributed by atoms with E-state index in [9.17, 15) is 39.6 Å². The third-order valence-corrected chi connectivity index (χ3v) is 10.0. The summed E-state index contributed by atoms with van der Waals surface area (Å²) in [6.07, 6.45) is 2.62. The van der Waals surface area contributed by atoms with Crippen LogP contribution in [-0.2, 0) is 19.1 Å². The minimum Gasteiger partial charge on any atom is -0.381 e. The summed E-state index contributed by atoms with van der Waals surface area (Å²) in [5.41, 5.74) is -5.54. The molecule has 4 aliphatic rings. The second kappa shape index (κ2) is 8.41. The zero-order valence-electron chi connectivity index (χ0n) is 19.4. The van der Waals surface area contributed by atoms with Gasteiger partial charge in [0.15, 0.2) is 0 Å². The molecular formula is C23H29F6NO4S. The van der Waals surface area contributed by atoms with Gasteiger partial charge < -0.3 is 9.50 Å². The Morgan fingerprint density at radius 1 is 1.09 bits per heavy atom. The summed E-state index contributed by atoms with van der Waals surface area (Å²) < 4.78 is 103. The lowest BCUT2D eigenvalue weighted by atomic mass is 9.48. The van der Waals surface area contributed by atoms with Gasteiger partial charge in [0.2, 0.25) is 5.91 Å². The molecule has 198 valence electrons. The predicted octanol–water partition coefficient (Wildman–Crippen LogP) is 5.60. The molecule has 0 heterocycles. The first-order valence-corrected chi connectivity index (χ1v) is 13.2. The minimum atomic E-state index is -5.73. The number of carbonyl (C=O) groups is 1. The van der Waals surface area contributed by atoms with Gasteiger partial charge in [-0.3, -0.25) is 4.79 Å². The van der Waals surface area contributed by atoms with E-state index in [1.165, 1.54) is 6.08 Å². The van der Waals surface area contributed by atoms with E-state index < -0.39 is 45.6 Å². The van der Waals surface area contributed by atoms with Crippen molar-refractivity contribution in [3.05, 3.63) is 23.5 Å². The van der Waals surface area contributed by atoms with E-state index in [2.05, 4.69) is 9.50 Å². The summed E-state index contributed by atoms with van der Waals surface area (Å²) in [5, 5.41) is 2.05. The maximum Gasteiger partial charge on any atom is 0.534 e. The Balaban J connectivity index is 1.53. The number of carbonyl (C=O) groups excluding carboxylic acids is 1. The van der Waals surface area contributed by atoms with Crippen LogP contribution in [-0.4, -0.2) is 32.6 Å². The van der Waals surface area contributed by atoms with Crippen molar-refractivity contribution < 1.29 is 43.7 Å². The lowest BCUT2D eigenvalue weighted by Gasteiger charge is -2.56. The third-order valence-electron chi connectivity index (χ3n) is 9.01. The number of nitrogens with one attached hydrogen (secondary N) is 1. The highest BCUT2D eigenvalue weighted by molar-refractivity contribution is 7.87. The van der Waals surface area contributed by atoms with E-state index >= 15 is 0 Å². The first-order valence-electron chi connectivity index (χ1n) is 11.7. The van der Waals surface area contributed by atoms with Gasteiger partial charge in [-0.2, -0.15) is 34.8 Å². The number of halogens is 6. The van der Waals surface area contributed by atoms with Gasteiger partial charge >= 0.3 is 21.8 Å². The van der Waals surface area contributed by atoms with Crippen LogP contribution in [0.15, 0.2) is 23.5 Å². The van der Waals surface area contributed by atoms with Crippen molar-refractivity contribution in [3.63, 3.8) is 0 Å². The molecule has 0 spiro atoms. The van der Waals surface area contributed by atoms with Gasteiger partial charge in [-0.15, -0.1) is 0 Å². The maximum atomic E-state index is 12.7. The first-order chi connectivity index (χ1) is 16.0. The van der Waals surface area contributed by atoms with Gasteiger partial charge in [-0.25, -0.2) is 0 Å². The number of hydrogen-bond donors (Lipinski definition) is 1. The predicted molar refractivity (Wildman–Crippen MR) is 114 cm³/mol. The molecule has 12 heteroatoms. The lowest BCUT2D eigenvalue weighted by molar-refractivity contribution is -0.144. The molecule has 35 heavy (non-hydrogen) atoms. The summed E-state index contributed by atoms with van der Waals surface area (Å²) >= 11 is 0. The topological polar surface area (TPSA) is 72.5 Å². The van der Waals surface area contributed by atoms with Gasteiger partial charge in [0, 0.05) is 12.3 Å². The number of hydrogen-bond acceptors (Lipinski definition) is 4. The summed E-state index contributed by atoms with van der Waals surface area (Å²) in [7, 11) is -5.73. The van der Waals surface area contributed by atoms with Gasteiger partial charge in [0.25, 0.3) is 0 Å². The van der Waals surface area contributed by atoms with Crippen LogP contribution in [0.2, 0.25) is 0 Å². The molecule has 4 rings (SSSR count). The second-order valence-electron chi connectivity index (χ2n) is 10.8. The van der Waals surface area contributed by atoms with Crippen molar-refractivity contribution >= 4 is 16.0 Å². The highest BCUT2D eigenvalue weighted by atomic mass is 32.2. The molecular weight excluding hydrogens is 500 g/mol. The van der Waals surface area contributed by atoms with Gasteiger partial charge in [-0.05, 0) is 78.8 Å². The van der Waals surface area contributed by atoms with Crippen LogP contribution >= 0.6 is 0 Å². The quantitative estimate of drug-likeness (QED) is 0.292. The van der Waals surface area contributed by atoms with Crippen molar-refractivity contribution in [1.29, 1.82) is 0 Å². The molecule has 6 atom stereocenters. The molecule has 0 saturated heterocycles. The number of amides is 1. The molecule has 0 aromatic heterocycles. The standard InChI is InChI=1S/C23H29F6NO4S/c1-20-9-7-14(34-35(32,33)23(27,28)29)11-13(20)3-4-15-16-5-6-18(19(31)30-12-22(24,25)26)21(16,2)10-8-17(15)20/h3,11,15-18H,4-10,12H2,1-2H3,(H,30,31)/t15-,16-,17-,18+,20-,21-/m0/s1. The SMILES string of the molecule is C[C@]12CC[C@H]3[C@@H](CC=C4C=C(OS(=O)(=O)C(F)(F)F)CC[C@@]43C)[C@@H]1CC[C@@H]2C(=O)NCC(F)(F)F. The molecule has 2 saturated carbocycles. The molecule has 1 amide bonds. The maximum absolute atomic E-state index is 12.7. The van der Waals surface area contributed by atoms with E-state index in [1.807, 2.05) is 19.9 Å². The van der Waals surface area contributed by atoms with Crippen LogP contribution in [0.25, 0.3) is 0 Å². The Bertz CT molecular complexity index is 1050. The summed E-state index contributed by atoms with van der Waals surface area (Å²) in [6, 6.07) is 0. The van der Waals surface area contributed by atoms with Crippen LogP contribution in [0, 0.1) is 34.5 Å². The smallest absolute Gasteiger partial charge is 0.381 e. The monoisotopic (exact) mass is 529 g/mol. The Hall–Kier alpha value is -1.72. The minimum absolute atomic E-state index is 0.0524. The number of rotatable bonds is 4. The van der Waals surface area contributed by atoms with Gasteiger partial charge in [-0.1, -0.05) is 19.9 Å². The first kappa shape index (κ1) is 26.3. The molecule has 0 bridgehead atoms. The van der Waals surface area contributed by atoms with E-state index in [0.717, 1.165) is 18.4 Å². The average molecular weight is 530 g/mol. The zero-order valence-corrected chi connectivity index (χ0v) is 20.2. The Labute approximate surface area is 200 Å². The second-order valence-corrected chi connectivity index (χ2v) is 12.3. The molecule has 4 aliphatic carbocycles. The van der Waals surface area contributed by atoms with E-state index in [-0.39, 0.29) is 35.3 Å². The fraction of sp³-hybridized carbons (Fsp3) is 0.783. The lowest BCUT2D eigenvalue weighted by Crippen LogP contribution is -2.51. The van der Waals surface area contributed by atoms with Gasteiger partial charge in [0.05, 0.1) is 0 Å². The molecule has 5 nitrogen and oxygen atoms in total. The van der Waals surface area contributed by atoms with Crippen molar-refractivity contribution in [3.8, 4) is 0 Å². The summed E-state index contributed by atoms with van der Waals surface area (Å²) in [6.45, 7) is 2.68. The Morgan fingerprint density at radius 2 is 1.77 bits per heavy atom. The normalized spacial score (nSPS) is 37.4. The Morgan fingerprint density at radius 3 is 2.40 bits per heavy atom. The molecule has 0 aromatic carbocycles. The number of fused-ring (bicyclic) bond motifs is 5. The van der Waals surface area contributed by atoms with Crippen molar-refractivity contribution in [1.82, 2.24) is 5.32 Å². The Kier molecular flexibility index (Phi) is 6.33. The van der Waals surface area contributed by atoms with Crippen LogP contribution < -0.4 is 5.32 Å². The molecule has 0 aliphatic heterocycles. The number of allylic oxidation sites excluding steroid dienone is 4. The molecule has 0 aromatic rings. The van der Waals surface area contributed by atoms with Crippen LogP contribution in [0.4, 0.5) is 26.3 Å². The fourth-order valence-electron chi connectivity index (χ4n) is 7.29. The highest BCUT2D eigenvalue weighted by Crippen LogP contribution is 2.66. The molecule has 2 fully saturated rings.